The molecule has 200 valence electrons. The fourth-order valence-corrected chi connectivity index (χ4v) is 4.82. The molecular weight excluding hydrogens is 460 g/mol. The van der Waals surface area contributed by atoms with Gasteiger partial charge in [-0.3, -0.25) is 4.79 Å². The number of aryl methyl sites for hydroxylation is 1. The van der Waals surface area contributed by atoms with E-state index < -0.39 is 5.60 Å². The minimum Gasteiger partial charge on any atom is -0.444 e. The zero-order chi connectivity index (χ0) is 26.4. The number of carbonyl (C=O) groups is 3. The number of thiophene rings is 1. The van der Waals surface area contributed by atoms with Crippen LogP contribution in [0.3, 0.4) is 0 Å². The lowest BCUT2D eigenvalue weighted by Crippen LogP contribution is -2.47. The predicted molar refractivity (Wildman–Crippen MR) is 145 cm³/mol. The zero-order valence-corrected chi connectivity index (χ0v) is 23.9. The molecule has 35 heavy (non-hydrogen) atoms. The van der Waals surface area contributed by atoms with E-state index in [-0.39, 0.29) is 18.0 Å². The second-order valence-corrected chi connectivity index (χ2v) is 11.5. The molecule has 0 spiro atoms. The Morgan fingerprint density at radius 2 is 1.60 bits per heavy atom. The number of nitrogens with zero attached hydrogens (tertiary/aromatic N) is 1. The lowest BCUT2D eigenvalue weighted by molar-refractivity contribution is -0.117. The molecule has 0 radical (unpaired) electrons. The Bertz CT molecular complexity index is 789. The first-order chi connectivity index (χ1) is 16.4. The molecule has 1 saturated heterocycles. The lowest BCUT2D eigenvalue weighted by atomic mass is 10.0. The van der Waals surface area contributed by atoms with Crippen LogP contribution in [0.2, 0.25) is 0 Å². The summed E-state index contributed by atoms with van der Waals surface area (Å²) in [6, 6.07) is 0.114. The van der Waals surface area contributed by atoms with Crippen LogP contribution in [0.15, 0.2) is 5.38 Å². The average Bonchev–Trinajstić information content (AvgIpc) is 3.11. The van der Waals surface area contributed by atoms with Gasteiger partial charge in [0, 0.05) is 25.6 Å². The third-order valence-corrected chi connectivity index (χ3v) is 7.30. The molecule has 1 N–H and O–H groups in total. The molecule has 1 aliphatic rings. The van der Waals surface area contributed by atoms with Gasteiger partial charge in [-0.25, -0.2) is 4.79 Å². The van der Waals surface area contributed by atoms with Gasteiger partial charge >= 0.3 is 6.09 Å². The first kappa shape index (κ1) is 31.1. The molecule has 0 aliphatic carbocycles. The van der Waals surface area contributed by atoms with Gasteiger partial charge in [0.15, 0.2) is 0 Å². The van der Waals surface area contributed by atoms with Crippen molar-refractivity contribution in [2.24, 2.45) is 0 Å². The van der Waals surface area contributed by atoms with Gasteiger partial charge in [0.2, 0.25) is 0 Å². The van der Waals surface area contributed by atoms with Gasteiger partial charge in [0.05, 0.1) is 4.88 Å². The van der Waals surface area contributed by atoms with E-state index in [2.05, 4.69) is 12.2 Å². The Labute approximate surface area is 217 Å². The van der Waals surface area contributed by atoms with Crippen LogP contribution < -0.4 is 5.32 Å². The molecule has 2 rings (SSSR count). The summed E-state index contributed by atoms with van der Waals surface area (Å²) in [5, 5.41) is 5.10. The number of rotatable bonds is 10. The molecule has 6 nitrogen and oxygen atoms in total. The topological polar surface area (TPSA) is 75.7 Å². The highest BCUT2D eigenvalue weighted by molar-refractivity contribution is 7.12. The fourth-order valence-electron chi connectivity index (χ4n) is 3.84. The summed E-state index contributed by atoms with van der Waals surface area (Å²) < 4.78 is 5.38. The van der Waals surface area contributed by atoms with E-state index in [1.54, 1.807) is 11.8 Å². The summed E-state index contributed by atoms with van der Waals surface area (Å²) in [5.41, 5.74) is 1.73. The minimum absolute atomic E-state index is 0.00341. The number of unbranched alkanes of at least 4 members (excludes halogenated alkanes) is 6. The van der Waals surface area contributed by atoms with Gasteiger partial charge in [0.1, 0.15) is 11.4 Å². The van der Waals surface area contributed by atoms with Crippen molar-refractivity contribution in [3.63, 3.8) is 0 Å². The zero-order valence-electron chi connectivity index (χ0n) is 23.1. The number of nitrogens with one attached hydrogen (secondary N) is 1. The Kier molecular flexibility index (Phi) is 14.2. The van der Waals surface area contributed by atoms with Crippen molar-refractivity contribution in [3.05, 3.63) is 21.4 Å². The summed E-state index contributed by atoms with van der Waals surface area (Å²) >= 11 is 1.49. The van der Waals surface area contributed by atoms with Crippen LogP contribution >= 0.6 is 11.3 Å². The number of hydrogen-bond donors (Lipinski definition) is 1. The van der Waals surface area contributed by atoms with Crippen LogP contribution in [-0.4, -0.2) is 47.4 Å². The summed E-state index contributed by atoms with van der Waals surface area (Å²) in [5.74, 6) is 0.333. The first-order valence-corrected chi connectivity index (χ1v) is 14.2. The fraction of sp³-hybridized carbons (Fsp3) is 0.750. The highest BCUT2D eigenvalue weighted by Gasteiger charge is 2.28. The molecule has 2 heterocycles. The molecule has 1 aromatic heterocycles. The third kappa shape index (κ3) is 13.1. The lowest BCUT2D eigenvalue weighted by Gasteiger charge is -2.33. The van der Waals surface area contributed by atoms with E-state index >= 15 is 0 Å². The van der Waals surface area contributed by atoms with Gasteiger partial charge in [0.25, 0.3) is 5.91 Å². The molecule has 1 aliphatic heterocycles. The minimum atomic E-state index is -0.475. The predicted octanol–water partition coefficient (Wildman–Crippen LogP) is 7.21. The van der Waals surface area contributed by atoms with Gasteiger partial charge in [-0.15, -0.1) is 11.3 Å². The molecule has 7 heteroatoms. The van der Waals surface area contributed by atoms with Crippen molar-refractivity contribution in [2.75, 3.05) is 13.1 Å². The third-order valence-electron chi connectivity index (χ3n) is 6.11. The second-order valence-electron chi connectivity index (χ2n) is 10.7. The Morgan fingerprint density at radius 1 is 1.03 bits per heavy atom. The maximum absolute atomic E-state index is 12.3. The van der Waals surface area contributed by atoms with E-state index in [0.717, 1.165) is 41.7 Å². The van der Waals surface area contributed by atoms with E-state index in [1.165, 1.54) is 49.9 Å². The number of ketones is 1. The van der Waals surface area contributed by atoms with Crippen molar-refractivity contribution in [3.8, 4) is 0 Å². The van der Waals surface area contributed by atoms with Gasteiger partial charge in [-0.2, -0.15) is 0 Å². The number of ether oxygens (including phenoxy) is 1. The van der Waals surface area contributed by atoms with Crippen molar-refractivity contribution in [1.82, 2.24) is 10.2 Å². The number of likely N-dealkylation sites (tertiary alicyclic amines) is 1. The largest absolute Gasteiger partial charge is 0.444 e. The van der Waals surface area contributed by atoms with Crippen molar-refractivity contribution >= 4 is 29.1 Å². The van der Waals surface area contributed by atoms with Crippen LogP contribution in [0.1, 0.15) is 120 Å². The summed E-state index contributed by atoms with van der Waals surface area (Å²) in [7, 11) is 0. The van der Waals surface area contributed by atoms with Crippen LogP contribution in [0, 0.1) is 13.8 Å². The number of hydrogen-bond acceptors (Lipinski definition) is 5. The maximum Gasteiger partial charge on any atom is 0.410 e. The van der Waals surface area contributed by atoms with Crippen LogP contribution in [-0.2, 0) is 9.53 Å². The molecular formula is C28H48N2O4S. The average molecular weight is 509 g/mol. The molecule has 0 aromatic carbocycles. The van der Waals surface area contributed by atoms with Crippen LogP contribution in [0.5, 0.6) is 0 Å². The number of Topliss-reactive ketones (excluding diaryl/α,β-unsaturated/α-hetero) is 1. The highest BCUT2D eigenvalue weighted by atomic mass is 32.1. The van der Waals surface area contributed by atoms with Crippen LogP contribution in [0.25, 0.3) is 0 Å². The van der Waals surface area contributed by atoms with Gasteiger partial charge < -0.3 is 19.7 Å². The van der Waals surface area contributed by atoms with Gasteiger partial charge in [-0.05, 0) is 77.3 Å². The van der Waals surface area contributed by atoms with Crippen molar-refractivity contribution < 1.29 is 19.1 Å². The summed E-state index contributed by atoms with van der Waals surface area (Å²) in [6.07, 6.45) is 11.1. The molecule has 0 saturated carbocycles. The molecule has 0 unspecified atom stereocenters. The molecule has 1 aromatic rings. The number of amides is 2. The summed E-state index contributed by atoms with van der Waals surface area (Å²) in [4.78, 5) is 37.5. The Hall–Kier alpha value is -1.89. The van der Waals surface area contributed by atoms with E-state index in [4.69, 9.17) is 4.74 Å². The second kappa shape index (κ2) is 16.0. The molecule has 0 bridgehead atoms. The normalized spacial score (nSPS) is 14.2. The SMILES string of the molecule is CCCCCCCCCC(C)=O.Cc1csc(C(=O)NC2CCN(C(=O)OC(C)(C)C)CC2)c1C. The maximum atomic E-state index is 12.3. The number of piperidine rings is 1. The number of carbonyl (C=O) groups excluding carboxylic acids is 3. The van der Waals surface area contributed by atoms with Crippen LogP contribution in [0.4, 0.5) is 4.79 Å². The highest BCUT2D eigenvalue weighted by Crippen LogP contribution is 2.22. The van der Waals surface area contributed by atoms with E-state index in [9.17, 15) is 14.4 Å². The van der Waals surface area contributed by atoms with E-state index in [1.807, 2.05) is 40.0 Å². The standard InChI is InChI=1S/C17H26N2O3S.C11H22O/c1-11-10-23-14(12(11)2)15(20)18-13-6-8-19(9-7-13)16(21)22-17(3,4)5;1-3-4-5-6-7-8-9-10-11(2)12/h10,13H,6-9H2,1-5H3,(H,18,20);3-10H2,1-2H3. The summed E-state index contributed by atoms with van der Waals surface area (Å²) in [6.45, 7) is 14.7. The molecule has 0 atom stereocenters. The quantitative estimate of drug-likeness (QED) is 0.339. The van der Waals surface area contributed by atoms with Crippen molar-refractivity contribution in [1.29, 1.82) is 0 Å². The van der Waals surface area contributed by atoms with Crippen molar-refractivity contribution in [2.45, 2.75) is 124 Å². The Balaban J connectivity index is 0.000000434. The van der Waals surface area contributed by atoms with E-state index in [0.29, 0.717) is 18.9 Å². The Morgan fingerprint density at radius 3 is 2.09 bits per heavy atom. The molecule has 2 amide bonds. The van der Waals surface area contributed by atoms with Gasteiger partial charge in [-0.1, -0.05) is 45.4 Å². The first-order valence-electron chi connectivity index (χ1n) is 13.3. The smallest absolute Gasteiger partial charge is 0.410 e. The molecule has 1 fully saturated rings. The monoisotopic (exact) mass is 508 g/mol.